The number of nitro groups is 1. The Morgan fingerprint density at radius 3 is 2.38 bits per heavy atom. The van der Waals surface area contributed by atoms with Crippen molar-refractivity contribution in [1.82, 2.24) is 0 Å². The van der Waals surface area contributed by atoms with E-state index in [0.29, 0.717) is 5.92 Å². The van der Waals surface area contributed by atoms with Crippen molar-refractivity contribution in [3.63, 3.8) is 0 Å². The first-order valence-corrected chi connectivity index (χ1v) is 5.52. The van der Waals surface area contributed by atoms with E-state index in [-0.39, 0.29) is 5.69 Å². The first-order valence-electron chi connectivity index (χ1n) is 5.52. The normalized spacial score (nSPS) is 15.5. The molecule has 2 rings (SSSR count). The van der Waals surface area contributed by atoms with Gasteiger partial charge in [0.15, 0.2) is 0 Å². The third-order valence-electron chi connectivity index (χ3n) is 2.85. The fraction of sp³-hybridized carbons (Fsp3) is 0.385. The predicted molar refractivity (Wildman–Crippen MR) is 61.9 cm³/mol. The second kappa shape index (κ2) is 4.80. The molecule has 0 N–H and O–H groups in total. The molecule has 1 saturated carbocycles. The zero-order valence-electron chi connectivity index (χ0n) is 8.98. The molecule has 0 radical (unpaired) electrons. The number of hydrogen-bond donors (Lipinski definition) is 0. The molecule has 0 aliphatic heterocycles. The maximum Gasteiger partial charge on any atom is 0.269 e. The van der Waals surface area contributed by atoms with Crippen LogP contribution in [0.15, 0.2) is 24.3 Å². The van der Waals surface area contributed by atoms with Gasteiger partial charge in [-0.15, -0.1) is 0 Å². The molecule has 82 valence electrons. The molecule has 1 aliphatic carbocycles. The minimum atomic E-state index is -0.395. The van der Waals surface area contributed by atoms with E-state index in [1.54, 1.807) is 12.1 Å². The summed E-state index contributed by atoms with van der Waals surface area (Å²) in [6, 6.07) is 6.41. The highest BCUT2D eigenvalue weighted by atomic mass is 16.6. The average Bonchev–Trinajstić information content (AvgIpc) is 2.80. The van der Waals surface area contributed by atoms with Crippen LogP contribution in [0, 0.1) is 27.9 Å². The second-order valence-corrected chi connectivity index (χ2v) is 4.05. The summed E-state index contributed by atoms with van der Waals surface area (Å²) in [6.07, 6.45) is 4.94. The Hall–Kier alpha value is -1.82. The molecule has 1 fully saturated rings. The van der Waals surface area contributed by atoms with Gasteiger partial charge in [0.25, 0.3) is 5.69 Å². The number of non-ortho nitro benzene ring substituents is 1. The van der Waals surface area contributed by atoms with Gasteiger partial charge in [0.2, 0.25) is 0 Å². The van der Waals surface area contributed by atoms with Crippen LogP contribution in [0.4, 0.5) is 5.69 Å². The van der Waals surface area contributed by atoms with Crippen LogP contribution < -0.4 is 0 Å². The number of nitrogens with zero attached hydrogens (tertiary/aromatic N) is 1. The summed E-state index contributed by atoms with van der Waals surface area (Å²) in [5.74, 6) is 6.83. The first kappa shape index (κ1) is 10.7. The summed E-state index contributed by atoms with van der Waals surface area (Å²) in [5, 5.41) is 10.4. The zero-order valence-corrected chi connectivity index (χ0v) is 8.98. The van der Waals surface area contributed by atoms with Gasteiger partial charge in [-0.1, -0.05) is 24.7 Å². The SMILES string of the molecule is O=[N+]([O-])c1ccc(C#CC2CCCC2)cc1. The summed E-state index contributed by atoms with van der Waals surface area (Å²) in [6.45, 7) is 0. The molecule has 3 heteroatoms. The molecule has 0 spiro atoms. The van der Waals surface area contributed by atoms with Crippen LogP contribution in [0.2, 0.25) is 0 Å². The van der Waals surface area contributed by atoms with Crippen LogP contribution in [-0.4, -0.2) is 4.92 Å². The number of rotatable bonds is 1. The molecule has 0 aromatic heterocycles. The smallest absolute Gasteiger partial charge is 0.258 e. The van der Waals surface area contributed by atoms with E-state index >= 15 is 0 Å². The van der Waals surface area contributed by atoms with Crippen LogP contribution in [-0.2, 0) is 0 Å². The van der Waals surface area contributed by atoms with E-state index in [1.165, 1.54) is 37.8 Å². The number of hydrogen-bond acceptors (Lipinski definition) is 2. The fourth-order valence-electron chi connectivity index (χ4n) is 1.92. The van der Waals surface area contributed by atoms with Crippen molar-refractivity contribution < 1.29 is 4.92 Å². The van der Waals surface area contributed by atoms with Crippen molar-refractivity contribution in [2.45, 2.75) is 25.7 Å². The lowest BCUT2D eigenvalue weighted by molar-refractivity contribution is -0.384. The number of benzene rings is 1. The Kier molecular flexibility index (Phi) is 3.21. The Morgan fingerprint density at radius 1 is 1.19 bits per heavy atom. The van der Waals surface area contributed by atoms with Crippen molar-refractivity contribution in [3.05, 3.63) is 39.9 Å². The van der Waals surface area contributed by atoms with Crippen molar-refractivity contribution in [1.29, 1.82) is 0 Å². The maximum absolute atomic E-state index is 10.4. The van der Waals surface area contributed by atoms with Crippen LogP contribution in [0.25, 0.3) is 0 Å². The van der Waals surface area contributed by atoms with Crippen molar-refractivity contribution in [3.8, 4) is 11.8 Å². The molecule has 0 atom stereocenters. The Morgan fingerprint density at radius 2 is 1.81 bits per heavy atom. The summed E-state index contributed by atoms with van der Waals surface area (Å²) in [7, 11) is 0. The van der Waals surface area contributed by atoms with Gasteiger partial charge in [-0.2, -0.15) is 0 Å². The maximum atomic E-state index is 10.4. The standard InChI is InChI=1S/C13H13NO2/c15-14(16)13-9-7-12(8-10-13)6-5-11-3-1-2-4-11/h7-11H,1-4H2. The second-order valence-electron chi connectivity index (χ2n) is 4.05. The molecule has 1 aromatic carbocycles. The van der Waals surface area contributed by atoms with Gasteiger partial charge < -0.3 is 0 Å². The zero-order chi connectivity index (χ0) is 11.4. The molecule has 0 heterocycles. The summed E-state index contributed by atoms with van der Waals surface area (Å²) >= 11 is 0. The molecule has 1 aromatic rings. The highest BCUT2D eigenvalue weighted by Gasteiger charge is 2.11. The van der Waals surface area contributed by atoms with Crippen LogP contribution >= 0.6 is 0 Å². The van der Waals surface area contributed by atoms with Crippen LogP contribution in [0.5, 0.6) is 0 Å². The number of nitro benzene ring substituents is 1. The average molecular weight is 215 g/mol. The topological polar surface area (TPSA) is 43.1 Å². The molecule has 0 amide bonds. The van der Waals surface area contributed by atoms with Gasteiger partial charge in [-0.25, -0.2) is 0 Å². The molecule has 1 aliphatic rings. The third-order valence-corrected chi connectivity index (χ3v) is 2.85. The van der Waals surface area contributed by atoms with E-state index in [2.05, 4.69) is 11.8 Å². The molecule has 0 unspecified atom stereocenters. The van der Waals surface area contributed by atoms with Crippen molar-refractivity contribution in [2.75, 3.05) is 0 Å². The third kappa shape index (κ3) is 2.60. The first-order chi connectivity index (χ1) is 7.75. The highest BCUT2D eigenvalue weighted by Crippen LogP contribution is 2.23. The van der Waals surface area contributed by atoms with Crippen LogP contribution in [0.3, 0.4) is 0 Å². The molecule has 0 saturated heterocycles. The van der Waals surface area contributed by atoms with Crippen molar-refractivity contribution in [2.24, 2.45) is 5.92 Å². The molecule has 16 heavy (non-hydrogen) atoms. The van der Waals surface area contributed by atoms with Gasteiger partial charge in [-0.3, -0.25) is 10.1 Å². The minimum Gasteiger partial charge on any atom is -0.258 e. The lowest BCUT2D eigenvalue weighted by atomic mass is 10.1. The predicted octanol–water partition coefficient (Wildman–Crippen LogP) is 3.14. The highest BCUT2D eigenvalue weighted by molar-refractivity contribution is 5.41. The summed E-state index contributed by atoms with van der Waals surface area (Å²) in [5.41, 5.74) is 0.976. The Bertz CT molecular complexity index is 433. The van der Waals surface area contributed by atoms with Gasteiger partial charge in [-0.05, 0) is 25.0 Å². The monoisotopic (exact) mass is 215 g/mol. The van der Waals surface area contributed by atoms with E-state index in [0.717, 1.165) is 5.56 Å². The lowest BCUT2D eigenvalue weighted by Gasteiger charge is -1.95. The van der Waals surface area contributed by atoms with E-state index in [4.69, 9.17) is 0 Å². The summed E-state index contributed by atoms with van der Waals surface area (Å²) in [4.78, 5) is 10.1. The van der Waals surface area contributed by atoms with Gasteiger partial charge in [0.05, 0.1) is 4.92 Å². The van der Waals surface area contributed by atoms with Crippen molar-refractivity contribution >= 4 is 5.69 Å². The Labute approximate surface area is 94.6 Å². The summed E-state index contributed by atoms with van der Waals surface area (Å²) < 4.78 is 0. The van der Waals surface area contributed by atoms with Gasteiger partial charge in [0, 0.05) is 23.6 Å². The fourth-order valence-corrected chi connectivity index (χ4v) is 1.92. The molecule has 0 bridgehead atoms. The molecular formula is C13H13NO2. The minimum absolute atomic E-state index is 0.117. The lowest BCUT2D eigenvalue weighted by Crippen LogP contribution is -1.88. The van der Waals surface area contributed by atoms with E-state index in [1.807, 2.05) is 0 Å². The Balaban J connectivity index is 2.06. The molecule has 3 nitrogen and oxygen atoms in total. The van der Waals surface area contributed by atoms with E-state index in [9.17, 15) is 10.1 Å². The quantitative estimate of drug-likeness (QED) is 0.410. The van der Waals surface area contributed by atoms with Gasteiger partial charge in [0.1, 0.15) is 0 Å². The molecular weight excluding hydrogens is 202 g/mol. The van der Waals surface area contributed by atoms with E-state index < -0.39 is 4.92 Å². The van der Waals surface area contributed by atoms with Crippen LogP contribution in [0.1, 0.15) is 31.2 Å². The van der Waals surface area contributed by atoms with Gasteiger partial charge >= 0.3 is 0 Å². The largest absolute Gasteiger partial charge is 0.269 e.